The molecule has 0 saturated carbocycles. The standard InChI is InChI=1S/C23H23NO3S2/c1-17-3-10-21(11-4-17)29(25)24-16-19-5-8-20(9-6-19)27-22-12-7-18(13-14-28)15-23(22)26-2/h3-12,15-16,28H,13-14H2,1-2H3. The summed E-state index contributed by atoms with van der Waals surface area (Å²) in [6.07, 6.45) is 2.48. The Morgan fingerprint density at radius 2 is 1.72 bits per heavy atom. The Bertz CT molecular complexity index is 957. The van der Waals surface area contributed by atoms with Gasteiger partial charge >= 0.3 is 0 Å². The minimum absolute atomic E-state index is 0.650. The average molecular weight is 426 g/mol. The van der Waals surface area contributed by atoms with Gasteiger partial charge in [0.2, 0.25) is 0 Å². The maximum atomic E-state index is 12.3. The van der Waals surface area contributed by atoms with Crippen LogP contribution in [0.1, 0.15) is 16.7 Å². The van der Waals surface area contributed by atoms with Gasteiger partial charge in [0.15, 0.2) is 16.4 Å². The molecule has 3 aromatic carbocycles. The first-order valence-corrected chi connectivity index (χ1v) is 10.9. The fourth-order valence-corrected chi connectivity index (χ4v) is 3.62. The molecule has 3 rings (SSSR count). The first-order chi connectivity index (χ1) is 14.1. The molecule has 4 nitrogen and oxygen atoms in total. The van der Waals surface area contributed by atoms with Crippen LogP contribution in [0.5, 0.6) is 17.2 Å². The smallest absolute Gasteiger partial charge is 0.182 e. The van der Waals surface area contributed by atoms with Gasteiger partial charge in [0.05, 0.1) is 13.3 Å². The molecule has 0 radical (unpaired) electrons. The lowest BCUT2D eigenvalue weighted by Crippen LogP contribution is -1.98. The second-order valence-electron chi connectivity index (χ2n) is 6.43. The largest absolute Gasteiger partial charge is 0.586 e. The van der Waals surface area contributed by atoms with Crippen molar-refractivity contribution in [2.45, 2.75) is 18.2 Å². The summed E-state index contributed by atoms with van der Waals surface area (Å²) in [5.74, 6) is 2.80. The summed E-state index contributed by atoms with van der Waals surface area (Å²) in [6.45, 7) is 1.99. The summed E-state index contributed by atoms with van der Waals surface area (Å²) in [6, 6.07) is 20.8. The highest BCUT2D eigenvalue weighted by atomic mass is 32.2. The van der Waals surface area contributed by atoms with E-state index in [-0.39, 0.29) is 0 Å². The molecule has 0 spiro atoms. The van der Waals surface area contributed by atoms with E-state index < -0.39 is 11.4 Å². The van der Waals surface area contributed by atoms with E-state index in [1.165, 1.54) is 0 Å². The Kier molecular flexibility index (Phi) is 7.63. The zero-order valence-corrected chi connectivity index (χ0v) is 18.1. The van der Waals surface area contributed by atoms with Gasteiger partial charge in [-0.25, -0.2) is 0 Å². The number of nitrogens with zero attached hydrogens (tertiary/aromatic N) is 1. The van der Waals surface area contributed by atoms with Crippen molar-refractivity contribution in [1.29, 1.82) is 0 Å². The normalized spacial score (nSPS) is 12.1. The van der Waals surface area contributed by atoms with Gasteiger partial charge < -0.3 is 14.0 Å². The average Bonchev–Trinajstić information content (AvgIpc) is 2.74. The second-order valence-corrected chi connectivity index (χ2v) is 8.05. The molecule has 1 atom stereocenters. The summed E-state index contributed by atoms with van der Waals surface area (Å²) in [7, 11) is 1.63. The van der Waals surface area contributed by atoms with Crippen molar-refractivity contribution in [3.05, 3.63) is 83.4 Å². The highest BCUT2D eigenvalue weighted by Crippen LogP contribution is 2.32. The van der Waals surface area contributed by atoms with Crippen molar-refractivity contribution in [1.82, 2.24) is 0 Å². The third-order valence-corrected chi connectivity index (χ3v) is 5.45. The predicted octanol–water partition coefficient (Wildman–Crippen LogP) is 5.41. The van der Waals surface area contributed by atoms with E-state index in [4.69, 9.17) is 9.47 Å². The highest BCUT2D eigenvalue weighted by Gasteiger charge is 2.09. The fraction of sp³-hybridized carbons (Fsp3) is 0.174. The molecule has 29 heavy (non-hydrogen) atoms. The van der Waals surface area contributed by atoms with E-state index >= 15 is 0 Å². The SMILES string of the molecule is COc1cc(CCS)ccc1Oc1ccc(C=N[S+]([O-])c2ccc(C)cc2)cc1. The summed E-state index contributed by atoms with van der Waals surface area (Å²) >= 11 is 2.84. The van der Waals surface area contributed by atoms with Crippen LogP contribution in [-0.4, -0.2) is 23.6 Å². The minimum Gasteiger partial charge on any atom is -0.586 e. The molecule has 0 aliphatic heterocycles. The van der Waals surface area contributed by atoms with E-state index in [0.29, 0.717) is 22.1 Å². The Morgan fingerprint density at radius 1 is 1.00 bits per heavy atom. The number of ether oxygens (including phenoxy) is 2. The molecule has 0 amide bonds. The molecule has 0 N–H and O–H groups in total. The Labute approximate surface area is 180 Å². The number of benzene rings is 3. The monoisotopic (exact) mass is 425 g/mol. The first kappa shape index (κ1) is 21.3. The maximum Gasteiger partial charge on any atom is 0.182 e. The number of methoxy groups -OCH3 is 1. The highest BCUT2D eigenvalue weighted by molar-refractivity contribution is 7.90. The first-order valence-electron chi connectivity index (χ1n) is 9.17. The molecule has 150 valence electrons. The number of thiol groups is 1. The Balaban J connectivity index is 1.66. The van der Waals surface area contributed by atoms with E-state index in [0.717, 1.165) is 28.9 Å². The lowest BCUT2D eigenvalue weighted by atomic mass is 10.1. The van der Waals surface area contributed by atoms with Gasteiger partial charge in [-0.1, -0.05) is 28.2 Å². The van der Waals surface area contributed by atoms with Crippen LogP contribution in [-0.2, 0) is 17.8 Å². The molecule has 0 aliphatic rings. The van der Waals surface area contributed by atoms with Crippen LogP contribution in [0.4, 0.5) is 0 Å². The van der Waals surface area contributed by atoms with Crippen molar-refractivity contribution in [3.63, 3.8) is 0 Å². The minimum atomic E-state index is -1.42. The number of hydrogen-bond acceptors (Lipinski definition) is 5. The predicted molar refractivity (Wildman–Crippen MR) is 122 cm³/mol. The third kappa shape index (κ3) is 6.03. The quantitative estimate of drug-likeness (QED) is 0.298. The summed E-state index contributed by atoms with van der Waals surface area (Å²) in [4.78, 5) is 0.681. The van der Waals surface area contributed by atoms with Gasteiger partial charge in [-0.2, -0.15) is 12.6 Å². The van der Waals surface area contributed by atoms with Crippen LogP contribution >= 0.6 is 12.6 Å². The van der Waals surface area contributed by atoms with E-state index in [2.05, 4.69) is 17.0 Å². The molecule has 6 heteroatoms. The molecule has 0 fully saturated rings. The van der Waals surface area contributed by atoms with Gasteiger partial charge in [0, 0.05) is 0 Å². The summed E-state index contributed by atoms with van der Waals surface area (Å²) < 4.78 is 27.8. The lowest BCUT2D eigenvalue weighted by Gasteiger charge is -2.12. The van der Waals surface area contributed by atoms with Gasteiger partial charge in [-0.05, 0) is 78.8 Å². The molecule has 0 aliphatic carbocycles. The van der Waals surface area contributed by atoms with Gasteiger partial charge in [-0.15, -0.1) is 0 Å². The molecule has 3 aromatic rings. The van der Waals surface area contributed by atoms with E-state index in [1.54, 1.807) is 13.3 Å². The maximum absolute atomic E-state index is 12.3. The van der Waals surface area contributed by atoms with Gasteiger partial charge in [0.25, 0.3) is 0 Å². The lowest BCUT2D eigenvalue weighted by molar-refractivity contribution is 0.378. The van der Waals surface area contributed by atoms with Crippen molar-refractivity contribution < 1.29 is 14.0 Å². The summed E-state index contributed by atoms with van der Waals surface area (Å²) in [5.41, 5.74) is 3.12. The van der Waals surface area contributed by atoms with Crippen molar-refractivity contribution >= 4 is 30.2 Å². The Hall–Kier alpha value is -2.41. The van der Waals surface area contributed by atoms with Crippen molar-refractivity contribution in [2.24, 2.45) is 4.40 Å². The molecular weight excluding hydrogens is 402 g/mol. The second kappa shape index (κ2) is 10.4. The van der Waals surface area contributed by atoms with Crippen LogP contribution in [0.2, 0.25) is 0 Å². The molecule has 0 aromatic heterocycles. The Morgan fingerprint density at radius 3 is 2.38 bits per heavy atom. The zero-order chi connectivity index (χ0) is 20.6. The van der Waals surface area contributed by atoms with Crippen molar-refractivity contribution in [2.75, 3.05) is 12.9 Å². The fourth-order valence-electron chi connectivity index (χ4n) is 2.65. The van der Waals surface area contributed by atoms with Crippen LogP contribution in [0.3, 0.4) is 0 Å². The molecule has 0 heterocycles. The van der Waals surface area contributed by atoms with E-state index in [1.807, 2.05) is 73.7 Å². The summed E-state index contributed by atoms with van der Waals surface area (Å²) in [5, 5.41) is 0. The molecule has 0 bridgehead atoms. The van der Waals surface area contributed by atoms with Crippen LogP contribution in [0.15, 0.2) is 76.0 Å². The molecule has 1 unspecified atom stereocenters. The number of hydrogen-bond donors (Lipinski definition) is 1. The van der Waals surface area contributed by atoms with Crippen molar-refractivity contribution in [3.8, 4) is 17.2 Å². The molecular formula is C23H23NO3S2. The zero-order valence-electron chi connectivity index (χ0n) is 16.4. The number of rotatable bonds is 8. The van der Waals surface area contributed by atoms with Crippen LogP contribution in [0, 0.1) is 6.92 Å². The third-order valence-electron chi connectivity index (χ3n) is 4.26. The van der Waals surface area contributed by atoms with Crippen LogP contribution < -0.4 is 9.47 Å². The van der Waals surface area contributed by atoms with Gasteiger partial charge in [0.1, 0.15) is 17.1 Å². The topological polar surface area (TPSA) is 53.9 Å². The number of aryl methyl sites for hydroxylation is 2. The van der Waals surface area contributed by atoms with Crippen LogP contribution in [0.25, 0.3) is 0 Å². The molecule has 0 saturated heterocycles. The van der Waals surface area contributed by atoms with Gasteiger partial charge in [-0.3, -0.25) is 0 Å². The van der Waals surface area contributed by atoms with E-state index in [9.17, 15) is 4.55 Å².